The average molecular weight is 379 g/mol. The molecule has 3 heterocycles. The van der Waals surface area contributed by atoms with Gasteiger partial charge in [0, 0.05) is 49.7 Å². The molecule has 1 aromatic rings. The van der Waals surface area contributed by atoms with Crippen LogP contribution in [0.2, 0.25) is 5.02 Å². The first kappa shape index (κ1) is 17.8. The number of likely N-dealkylation sites (tertiary alicyclic amines) is 2. The topological polar surface area (TPSA) is 70.1 Å². The number of ether oxygens (including phenoxy) is 1. The molecule has 26 heavy (non-hydrogen) atoms. The second-order valence-corrected chi connectivity index (χ2v) is 8.06. The molecule has 4 rings (SSSR count). The van der Waals surface area contributed by atoms with Crippen molar-refractivity contribution in [1.29, 1.82) is 0 Å². The molecule has 0 spiro atoms. The Hall–Kier alpha value is -1.63. The Bertz CT molecular complexity index is 727. The fraction of sp³-hybridized carbons (Fsp3) is 0.579. The van der Waals surface area contributed by atoms with E-state index in [0.717, 1.165) is 12.0 Å². The van der Waals surface area contributed by atoms with Crippen LogP contribution in [-0.2, 0) is 9.53 Å². The number of halogens is 1. The molecule has 2 atom stereocenters. The number of aliphatic hydroxyl groups is 1. The van der Waals surface area contributed by atoms with E-state index in [-0.39, 0.29) is 23.9 Å². The number of carbonyl (C=O) groups is 2. The minimum atomic E-state index is -1.32. The standard InChI is InChI=1S/C19H23ClN2O4/c1-12-6-13(8-14(20)7-12)17(23)21-10-16-9-15(21)11-22(16)18(24)19(25)2-4-26-5-3-19/h6-8,15-16,25H,2-5,9-11H2,1H3/t15-,16-/m0/s1. The monoisotopic (exact) mass is 378 g/mol. The Labute approximate surface area is 157 Å². The van der Waals surface area contributed by atoms with Crippen LogP contribution in [0.1, 0.15) is 35.2 Å². The van der Waals surface area contributed by atoms with Crippen LogP contribution in [0.5, 0.6) is 0 Å². The molecule has 0 aromatic heterocycles. The lowest BCUT2D eigenvalue weighted by molar-refractivity contribution is -0.162. The first-order valence-electron chi connectivity index (χ1n) is 9.07. The van der Waals surface area contributed by atoms with Crippen molar-refractivity contribution < 1.29 is 19.4 Å². The van der Waals surface area contributed by atoms with Gasteiger partial charge in [-0.05, 0) is 37.1 Å². The summed E-state index contributed by atoms with van der Waals surface area (Å²) in [5, 5.41) is 11.2. The summed E-state index contributed by atoms with van der Waals surface area (Å²) in [5.41, 5.74) is 0.217. The van der Waals surface area contributed by atoms with Gasteiger partial charge in [-0.15, -0.1) is 0 Å². The highest BCUT2D eigenvalue weighted by atomic mass is 35.5. The number of fused-ring (bicyclic) bond motifs is 2. The van der Waals surface area contributed by atoms with E-state index in [9.17, 15) is 14.7 Å². The van der Waals surface area contributed by atoms with Gasteiger partial charge in [-0.2, -0.15) is 0 Å². The van der Waals surface area contributed by atoms with Gasteiger partial charge < -0.3 is 19.6 Å². The molecule has 1 N–H and O–H groups in total. The molecule has 3 aliphatic rings. The lowest BCUT2D eigenvalue weighted by Gasteiger charge is -2.40. The second-order valence-electron chi connectivity index (χ2n) is 7.62. The van der Waals surface area contributed by atoms with Gasteiger partial charge in [-0.1, -0.05) is 11.6 Å². The number of hydrogen-bond acceptors (Lipinski definition) is 4. The van der Waals surface area contributed by atoms with Crippen LogP contribution < -0.4 is 0 Å². The smallest absolute Gasteiger partial charge is 0.255 e. The van der Waals surface area contributed by atoms with Crippen molar-refractivity contribution >= 4 is 23.4 Å². The van der Waals surface area contributed by atoms with Crippen molar-refractivity contribution in [3.63, 3.8) is 0 Å². The van der Waals surface area contributed by atoms with Gasteiger partial charge in [0.25, 0.3) is 11.8 Å². The van der Waals surface area contributed by atoms with Gasteiger partial charge in [-0.3, -0.25) is 9.59 Å². The molecule has 0 saturated carbocycles. The molecule has 0 aliphatic carbocycles. The predicted octanol–water partition coefficient (Wildman–Crippen LogP) is 1.62. The molecule has 3 aliphatic heterocycles. The van der Waals surface area contributed by atoms with E-state index in [1.54, 1.807) is 11.0 Å². The van der Waals surface area contributed by atoms with Crippen molar-refractivity contribution in [3.8, 4) is 0 Å². The van der Waals surface area contributed by atoms with E-state index >= 15 is 0 Å². The Morgan fingerprint density at radius 3 is 2.42 bits per heavy atom. The number of aryl methyl sites for hydroxylation is 1. The van der Waals surface area contributed by atoms with E-state index in [1.165, 1.54) is 0 Å². The number of benzene rings is 1. The van der Waals surface area contributed by atoms with Crippen molar-refractivity contribution in [2.45, 2.75) is 43.9 Å². The number of piperazine rings is 1. The van der Waals surface area contributed by atoms with Gasteiger partial charge in [0.1, 0.15) is 5.60 Å². The fourth-order valence-corrected chi connectivity index (χ4v) is 4.67. The number of hydrogen-bond donors (Lipinski definition) is 1. The summed E-state index contributed by atoms with van der Waals surface area (Å²) in [4.78, 5) is 29.3. The lowest BCUT2D eigenvalue weighted by atomic mass is 9.92. The van der Waals surface area contributed by atoms with E-state index < -0.39 is 5.60 Å². The highest BCUT2D eigenvalue weighted by Gasteiger charge is 2.51. The highest BCUT2D eigenvalue weighted by molar-refractivity contribution is 6.31. The van der Waals surface area contributed by atoms with Gasteiger partial charge in [0.2, 0.25) is 0 Å². The summed E-state index contributed by atoms with van der Waals surface area (Å²) in [6.07, 6.45) is 1.44. The SMILES string of the molecule is Cc1cc(Cl)cc(C(=O)N2C[C@@H]3C[C@H]2CN3C(=O)C2(O)CCOCC2)c1. The van der Waals surface area contributed by atoms with E-state index in [4.69, 9.17) is 16.3 Å². The van der Waals surface area contributed by atoms with Crippen molar-refractivity contribution in [1.82, 2.24) is 9.80 Å². The largest absolute Gasteiger partial charge is 0.381 e. The zero-order valence-electron chi connectivity index (χ0n) is 14.8. The Kier molecular flexibility index (Phi) is 4.45. The second kappa shape index (κ2) is 6.51. The summed E-state index contributed by atoms with van der Waals surface area (Å²) >= 11 is 6.08. The quantitative estimate of drug-likeness (QED) is 0.849. The molecule has 0 radical (unpaired) electrons. The minimum Gasteiger partial charge on any atom is -0.381 e. The maximum Gasteiger partial charge on any atom is 0.255 e. The van der Waals surface area contributed by atoms with Crippen molar-refractivity contribution in [2.24, 2.45) is 0 Å². The number of amides is 2. The van der Waals surface area contributed by atoms with Gasteiger partial charge in [0.15, 0.2) is 0 Å². The maximum atomic E-state index is 12.9. The molecule has 3 saturated heterocycles. The van der Waals surface area contributed by atoms with E-state index in [2.05, 4.69) is 0 Å². The fourth-order valence-electron chi connectivity index (χ4n) is 4.38. The van der Waals surface area contributed by atoms with Crippen LogP contribution in [-0.4, -0.2) is 70.7 Å². The molecule has 7 heteroatoms. The minimum absolute atomic E-state index is 0.000761. The summed E-state index contributed by atoms with van der Waals surface area (Å²) < 4.78 is 5.26. The van der Waals surface area contributed by atoms with Crippen LogP contribution in [0.4, 0.5) is 0 Å². The molecule has 3 fully saturated rings. The summed E-state index contributed by atoms with van der Waals surface area (Å²) in [5.74, 6) is -0.251. The molecule has 0 unspecified atom stereocenters. The summed E-state index contributed by atoms with van der Waals surface area (Å²) in [6, 6.07) is 5.33. The van der Waals surface area contributed by atoms with Crippen LogP contribution in [0.15, 0.2) is 18.2 Å². The third-order valence-corrected chi connectivity index (χ3v) is 5.99. The number of carbonyl (C=O) groups excluding carboxylic acids is 2. The number of rotatable bonds is 2. The third kappa shape index (κ3) is 3.00. The van der Waals surface area contributed by atoms with Gasteiger partial charge >= 0.3 is 0 Å². The Morgan fingerprint density at radius 2 is 1.81 bits per heavy atom. The van der Waals surface area contributed by atoms with Gasteiger partial charge in [-0.25, -0.2) is 0 Å². The first-order chi connectivity index (χ1) is 12.4. The summed E-state index contributed by atoms with van der Waals surface area (Å²) in [6.45, 7) is 3.71. The van der Waals surface area contributed by atoms with Crippen LogP contribution in [0.25, 0.3) is 0 Å². The molecule has 140 valence electrons. The number of nitrogens with zero attached hydrogens (tertiary/aromatic N) is 2. The van der Waals surface area contributed by atoms with E-state index in [1.807, 2.05) is 24.0 Å². The molecule has 2 amide bonds. The normalized spacial score (nSPS) is 27.0. The van der Waals surface area contributed by atoms with Crippen LogP contribution in [0.3, 0.4) is 0 Å². The zero-order chi connectivity index (χ0) is 18.5. The van der Waals surface area contributed by atoms with Crippen molar-refractivity contribution in [2.75, 3.05) is 26.3 Å². The van der Waals surface area contributed by atoms with E-state index in [0.29, 0.717) is 49.7 Å². The van der Waals surface area contributed by atoms with Crippen molar-refractivity contribution in [3.05, 3.63) is 34.3 Å². The van der Waals surface area contributed by atoms with Crippen LogP contribution >= 0.6 is 11.6 Å². The molecule has 6 nitrogen and oxygen atoms in total. The van der Waals surface area contributed by atoms with Gasteiger partial charge in [0.05, 0.1) is 12.1 Å². The molecule has 2 bridgehead atoms. The molecular weight excluding hydrogens is 356 g/mol. The van der Waals surface area contributed by atoms with Crippen LogP contribution in [0, 0.1) is 6.92 Å². The first-order valence-corrected chi connectivity index (χ1v) is 9.44. The Morgan fingerprint density at radius 1 is 1.15 bits per heavy atom. The highest BCUT2D eigenvalue weighted by Crippen LogP contribution is 2.35. The third-order valence-electron chi connectivity index (χ3n) is 5.77. The zero-order valence-corrected chi connectivity index (χ0v) is 15.5. The molecular formula is C19H23ClN2O4. The maximum absolute atomic E-state index is 12.9. The Balaban J connectivity index is 1.46. The summed E-state index contributed by atoms with van der Waals surface area (Å²) in [7, 11) is 0. The average Bonchev–Trinajstić information content (AvgIpc) is 3.20. The predicted molar refractivity (Wildman–Crippen MR) is 96.1 cm³/mol. The molecule has 1 aromatic carbocycles. The lowest BCUT2D eigenvalue weighted by Crippen LogP contribution is -2.58.